The van der Waals surface area contributed by atoms with Crippen molar-refractivity contribution in [1.29, 1.82) is 0 Å². The van der Waals surface area contributed by atoms with Gasteiger partial charge in [0.1, 0.15) is 17.7 Å². The number of nitrogens with zero attached hydrogens (tertiary/aromatic N) is 5. The Morgan fingerprint density at radius 2 is 2.00 bits per heavy atom. The van der Waals surface area contributed by atoms with E-state index in [9.17, 15) is 13.2 Å². The Bertz CT molecular complexity index is 1020. The first kappa shape index (κ1) is 18.7. The van der Waals surface area contributed by atoms with Crippen LogP contribution >= 0.6 is 0 Å². The van der Waals surface area contributed by atoms with E-state index in [4.69, 9.17) is 4.74 Å². The summed E-state index contributed by atoms with van der Waals surface area (Å²) < 4.78 is 46.8. The van der Waals surface area contributed by atoms with Crippen LogP contribution in [0.25, 0.3) is 11.0 Å². The van der Waals surface area contributed by atoms with Gasteiger partial charge in [0.15, 0.2) is 5.65 Å². The van der Waals surface area contributed by atoms with Gasteiger partial charge >= 0.3 is 6.18 Å². The van der Waals surface area contributed by atoms with Gasteiger partial charge in [0.05, 0.1) is 36.3 Å². The summed E-state index contributed by atoms with van der Waals surface area (Å²) in [5.74, 6) is 1.34. The Kier molecular flexibility index (Phi) is 4.49. The van der Waals surface area contributed by atoms with Crippen molar-refractivity contribution in [2.24, 2.45) is 7.05 Å². The number of anilines is 1. The average molecular weight is 391 g/mol. The second-order valence-corrected chi connectivity index (χ2v) is 7.05. The summed E-state index contributed by atoms with van der Waals surface area (Å²) in [4.78, 5) is 11.1. The molecule has 0 amide bonds. The summed E-state index contributed by atoms with van der Waals surface area (Å²) >= 11 is 0. The molecule has 0 saturated carbocycles. The maximum atomic E-state index is 13.1. The monoisotopic (exact) mass is 391 g/mol. The molecule has 0 bridgehead atoms. The van der Waals surface area contributed by atoms with Gasteiger partial charge in [-0.25, -0.2) is 9.97 Å². The number of hydrogen-bond acceptors (Lipinski definition) is 5. The molecule has 0 radical (unpaired) electrons. The first-order valence-corrected chi connectivity index (χ1v) is 8.96. The minimum Gasteiger partial charge on any atom is -0.370 e. The summed E-state index contributed by atoms with van der Waals surface area (Å²) in [7, 11) is 1.81. The van der Waals surface area contributed by atoms with Crippen molar-refractivity contribution in [3.8, 4) is 0 Å². The predicted molar refractivity (Wildman–Crippen MR) is 98.0 cm³/mol. The summed E-state index contributed by atoms with van der Waals surface area (Å²) in [6.45, 7) is 4.59. The van der Waals surface area contributed by atoms with Crippen molar-refractivity contribution in [3.05, 3.63) is 47.4 Å². The number of hydrogen-bond donors (Lipinski definition) is 0. The normalized spacial score (nSPS) is 20.7. The number of alkyl halides is 3. The highest BCUT2D eigenvalue weighted by atomic mass is 19.4. The number of ether oxygens (including phenoxy) is 1. The zero-order valence-electron chi connectivity index (χ0n) is 15.7. The maximum Gasteiger partial charge on any atom is 0.416 e. The molecule has 1 aliphatic rings. The second kappa shape index (κ2) is 6.73. The fraction of sp³-hybridized carbons (Fsp3) is 0.421. The van der Waals surface area contributed by atoms with Gasteiger partial charge in [-0.2, -0.15) is 18.3 Å². The second-order valence-electron chi connectivity index (χ2n) is 7.05. The van der Waals surface area contributed by atoms with E-state index in [1.165, 1.54) is 6.07 Å². The summed E-state index contributed by atoms with van der Waals surface area (Å²) in [5, 5.41) is 5.07. The molecule has 4 rings (SSSR count). The molecule has 6 nitrogen and oxygen atoms in total. The molecule has 3 heterocycles. The van der Waals surface area contributed by atoms with Gasteiger partial charge in [0.2, 0.25) is 0 Å². The SMILES string of the molecule is Cc1nc(N2C[C@H](c3cccc(C(F)(F)F)c3)OC[C@H]2C)c2cnn(C)c2n1. The summed E-state index contributed by atoms with van der Waals surface area (Å²) in [5.41, 5.74) is 0.544. The van der Waals surface area contributed by atoms with Crippen LogP contribution in [0.2, 0.25) is 0 Å². The third-order valence-corrected chi connectivity index (χ3v) is 4.97. The molecule has 3 aromatic rings. The zero-order valence-corrected chi connectivity index (χ0v) is 15.7. The molecule has 1 aliphatic heterocycles. The van der Waals surface area contributed by atoms with Crippen LogP contribution in [0.5, 0.6) is 0 Å². The quantitative estimate of drug-likeness (QED) is 0.667. The van der Waals surface area contributed by atoms with Gasteiger partial charge in [-0.15, -0.1) is 0 Å². The number of rotatable bonds is 2. The van der Waals surface area contributed by atoms with Crippen molar-refractivity contribution in [2.45, 2.75) is 32.2 Å². The molecule has 0 N–H and O–H groups in total. The van der Waals surface area contributed by atoms with E-state index in [2.05, 4.69) is 20.0 Å². The van der Waals surface area contributed by atoms with E-state index in [0.717, 1.165) is 29.0 Å². The minimum absolute atomic E-state index is 0.0137. The molecular formula is C19H20F3N5O. The Morgan fingerprint density at radius 1 is 1.21 bits per heavy atom. The van der Waals surface area contributed by atoms with Crippen LogP contribution in [0.1, 0.15) is 30.0 Å². The number of aryl methyl sites for hydroxylation is 2. The van der Waals surface area contributed by atoms with E-state index in [1.807, 2.05) is 20.9 Å². The Labute approximate surface area is 160 Å². The molecule has 0 aliphatic carbocycles. The van der Waals surface area contributed by atoms with Gasteiger partial charge < -0.3 is 9.64 Å². The number of aromatic nitrogens is 4. The van der Waals surface area contributed by atoms with E-state index in [-0.39, 0.29) is 6.04 Å². The van der Waals surface area contributed by atoms with Gasteiger partial charge in [-0.3, -0.25) is 4.68 Å². The van der Waals surface area contributed by atoms with Gasteiger partial charge in [0, 0.05) is 7.05 Å². The molecule has 28 heavy (non-hydrogen) atoms. The van der Waals surface area contributed by atoms with Crippen molar-refractivity contribution in [2.75, 3.05) is 18.1 Å². The minimum atomic E-state index is -4.39. The third-order valence-electron chi connectivity index (χ3n) is 4.97. The van der Waals surface area contributed by atoms with Crippen molar-refractivity contribution in [3.63, 3.8) is 0 Å². The number of benzene rings is 1. The molecular weight excluding hydrogens is 371 g/mol. The van der Waals surface area contributed by atoms with E-state index in [1.54, 1.807) is 16.9 Å². The van der Waals surface area contributed by atoms with Gasteiger partial charge in [0.25, 0.3) is 0 Å². The topological polar surface area (TPSA) is 56.1 Å². The highest BCUT2D eigenvalue weighted by Crippen LogP contribution is 2.35. The van der Waals surface area contributed by atoms with Crippen LogP contribution in [0.4, 0.5) is 19.0 Å². The molecule has 1 aromatic carbocycles. The predicted octanol–water partition coefficient (Wildman–Crippen LogP) is 3.66. The lowest BCUT2D eigenvalue weighted by molar-refractivity contribution is -0.137. The third kappa shape index (κ3) is 3.30. The Hall–Kier alpha value is -2.68. The fourth-order valence-electron chi connectivity index (χ4n) is 3.50. The largest absolute Gasteiger partial charge is 0.416 e. The standard InChI is InChI=1S/C19H20F3N5O/c1-11-10-28-16(13-5-4-6-14(7-13)19(20,21)22)9-27(11)18-15-8-23-26(3)17(15)24-12(2)25-18/h4-8,11,16H,9-10H2,1-3H3/t11-,16-/m1/s1. The Balaban J connectivity index is 1.71. The van der Waals surface area contributed by atoms with Crippen LogP contribution in [0, 0.1) is 6.92 Å². The summed E-state index contributed by atoms with van der Waals surface area (Å²) in [6, 6.07) is 5.32. The smallest absolute Gasteiger partial charge is 0.370 e. The number of morpholine rings is 1. The average Bonchev–Trinajstić information content (AvgIpc) is 3.02. The molecule has 9 heteroatoms. The summed E-state index contributed by atoms with van der Waals surface area (Å²) in [6.07, 6.45) is -3.16. The van der Waals surface area contributed by atoms with E-state index >= 15 is 0 Å². The van der Waals surface area contributed by atoms with Gasteiger partial charge in [-0.05, 0) is 31.5 Å². The van der Waals surface area contributed by atoms with Crippen LogP contribution in [-0.2, 0) is 18.0 Å². The van der Waals surface area contributed by atoms with Crippen LogP contribution in [0.3, 0.4) is 0 Å². The Morgan fingerprint density at radius 3 is 2.75 bits per heavy atom. The molecule has 0 unspecified atom stereocenters. The lowest BCUT2D eigenvalue weighted by Gasteiger charge is -2.39. The van der Waals surface area contributed by atoms with E-state index < -0.39 is 17.8 Å². The molecule has 0 spiro atoms. The molecule has 2 aromatic heterocycles. The van der Waals surface area contributed by atoms with Crippen LogP contribution in [-0.4, -0.2) is 38.9 Å². The van der Waals surface area contributed by atoms with Crippen LogP contribution < -0.4 is 4.90 Å². The first-order valence-electron chi connectivity index (χ1n) is 8.96. The first-order chi connectivity index (χ1) is 13.2. The van der Waals surface area contributed by atoms with E-state index in [0.29, 0.717) is 24.5 Å². The maximum absolute atomic E-state index is 13.1. The molecule has 1 saturated heterocycles. The van der Waals surface area contributed by atoms with Crippen molar-refractivity contribution >= 4 is 16.9 Å². The van der Waals surface area contributed by atoms with Crippen LogP contribution in [0.15, 0.2) is 30.5 Å². The van der Waals surface area contributed by atoms with Gasteiger partial charge in [-0.1, -0.05) is 12.1 Å². The molecule has 1 fully saturated rings. The highest BCUT2D eigenvalue weighted by molar-refractivity contribution is 5.87. The number of halogens is 3. The molecule has 148 valence electrons. The van der Waals surface area contributed by atoms with Crippen molar-refractivity contribution < 1.29 is 17.9 Å². The lowest BCUT2D eigenvalue weighted by Crippen LogP contribution is -2.45. The lowest BCUT2D eigenvalue weighted by atomic mass is 10.0. The zero-order chi connectivity index (χ0) is 20.1. The number of fused-ring (bicyclic) bond motifs is 1. The van der Waals surface area contributed by atoms with Crippen molar-refractivity contribution in [1.82, 2.24) is 19.7 Å². The highest BCUT2D eigenvalue weighted by Gasteiger charge is 2.33. The molecule has 2 atom stereocenters. The fourth-order valence-corrected chi connectivity index (χ4v) is 3.50.